The van der Waals surface area contributed by atoms with Gasteiger partial charge >= 0.3 is 0 Å². The molecule has 0 aliphatic rings. The molecule has 1 aromatic carbocycles. The Labute approximate surface area is 101 Å². The molecule has 3 heteroatoms. The molecule has 2 aromatic rings. The first-order chi connectivity index (χ1) is 8.40. The molecule has 1 aromatic heterocycles. The summed E-state index contributed by atoms with van der Waals surface area (Å²) in [5.74, 6) is 5.81. The molecule has 0 spiro atoms. The summed E-state index contributed by atoms with van der Waals surface area (Å²) in [6, 6.07) is 12.1. The van der Waals surface area contributed by atoms with Gasteiger partial charge in [-0.15, -0.1) is 5.92 Å². The number of rotatable bonds is 4. The number of aromatic nitrogens is 2. The van der Waals surface area contributed by atoms with E-state index in [1.165, 1.54) is 0 Å². The summed E-state index contributed by atoms with van der Waals surface area (Å²) < 4.78 is 1.88. The molecule has 0 aliphatic carbocycles. The SMILES string of the molecule is CC#CCNCc1ccn(-c2ccccc2)n1. The number of para-hydroxylation sites is 1. The summed E-state index contributed by atoms with van der Waals surface area (Å²) in [6.07, 6.45) is 1.97. The summed E-state index contributed by atoms with van der Waals surface area (Å²) >= 11 is 0. The molecule has 1 N–H and O–H groups in total. The van der Waals surface area contributed by atoms with Crippen LogP contribution in [0.5, 0.6) is 0 Å². The van der Waals surface area contributed by atoms with E-state index in [0.29, 0.717) is 6.54 Å². The molecule has 0 saturated carbocycles. The van der Waals surface area contributed by atoms with Crippen molar-refractivity contribution in [2.75, 3.05) is 6.54 Å². The van der Waals surface area contributed by atoms with Crippen molar-refractivity contribution in [2.24, 2.45) is 0 Å². The van der Waals surface area contributed by atoms with Crippen molar-refractivity contribution in [3.05, 3.63) is 48.3 Å². The zero-order chi connectivity index (χ0) is 11.9. The Morgan fingerprint density at radius 3 is 2.82 bits per heavy atom. The highest BCUT2D eigenvalue weighted by molar-refractivity contribution is 5.30. The highest BCUT2D eigenvalue weighted by Crippen LogP contribution is 2.06. The van der Waals surface area contributed by atoms with Crippen LogP contribution in [-0.4, -0.2) is 16.3 Å². The summed E-state index contributed by atoms with van der Waals surface area (Å²) in [5.41, 5.74) is 2.10. The molecule has 0 unspecified atom stereocenters. The second-order valence-corrected chi connectivity index (χ2v) is 3.62. The maximum absolute atomic E-state index is 4.48. The van der Waals surface area contributed by atoms with Gasteiger partial charge in [0.25, 0.3) is 0 Å². The minimum absolute atomic E-state index is 0.703. The molecule has 17 heavy (non-hydrogen) atoms. The zero-order valence-electron chi connectivity index (χ0n) is 9.85. The van der Waals surface area contributed by atoms with Crippen LogP contribution in [0.4, 0.5) is 0 Å². The average molecular weight is 225 g/mol. The van der Waals surface area contributed by atoms with Gasteiger partial charge in [-0.05, 0) is 25.1 Å². The molecule has 3 nitrogen and oxygen atoms in total. The van der Waals surface area contributed by atoms with Crippen LogP contribution in [-0.2, 0) is 6.54 Å². The van der Waals surface area contributed by atoms with Gasteiger partial charge in [0.1, 0.15) is 0 Å². The van der Waals surface area contributed by atoms with Gasteiger partial charge in [-0.25, -0.2) is 4.68 Å². The quantitative estimate of drug-likeness (QED) is 0.637. The van der Waals surface area contributed by atoms with Crippen LogP contribution in [0.2, 0.25) is 0 Å². The summed E-state index contributed by atoms with van der Waals surface area (Å²) in [4.78, 5) is 0. The standard InChI is InChI=1S/C14H15N3/c1-2-3-10-15-12-13-9-11-17(16-13)14-7-5-4-6-8-14/h4-9,11,15H,10,12H2,1H3. The van der Waals surface area contributed by atoms with Gasteiger partial charge in [-0.3, -0.25) is 0 Å². The van der Waals surface area contributed by atoms with Gasteiger partial charge in [0, 0.05) is 12.7 Å². The average Bonchev–Trinajstić information content (AvgIpc) is 2.85. The first kappa shape index (κ1) is 11.4. The maximum atomic E-state index is 4.48. The highest BCUT2D eigenvalue weighted by atomic mass is 15.3. The molecular weight excluding hydrogens is 210 g/mol. The van der Waals surface area contributed by atoms with Crippen LogP contribution in [0.1, 0.15) is 12.6 Å². The van der Waals surface area contributed by atoms with E-state index in [-0.39, 0.29) is 0 Å². The number of nitrogens with zero attached hydrogens (tertiary/aromatic N) is 2. The van der Waals surface area contributed by atoms with Gasteiger partial charge in [0.15, 0.2) is 0 Å². The second-order valence-electron chi connectivity index (χ2n) is 3.62. The molecular formula is C14H15N3. The van der Waals surface area contributed by atoms with Crippen molar-refractivity contribution in [3.63, 3.8) is 0 Å². The van der Waals surface area contributed by atoms with Crippen molar-refractivity contribution in [1.29, 1.82) is 0 Å². The topological polar surface area (TPSA) is 29.9 Å². The van der Waals surface area contributed by atoms with Gasteiger partial charge < -0.3 is 5.32 Å². The molecule has 1 heterocycles. The van der Waals surface area contributed by atoms with E-state index in [1.54, 1.807) is 0 Å². The predicted molar refractivity (Wildman–Crippen MR) is 68.7 cm³/mol. The summed E-state index contributed by atoms with van der Waals surface area (Å²) in [6.45, 7) is 3.29. The fourth-order valence-corrected chi connectivity index (χ4v) is 1.52. The van der Waals surface area contributed by atoms with Crippen LogP contribution >= 0.6 is 0 Å². The third kappa shape index (κ3) is 3.20. The molecule has 0 bridgehead atoms. The predicted octanol–water partition coefficient (Wildman–Crippen LogP) is 1.99. The molecule has 0 saturated heterocycles. The molecule has 0 radical (unpaired) electrons. The Kier molecular flexibility index (Phi) is 3.95. The fraction of sp³-hybridized carbons (Fsp3) is 0.214. The van der Waals surface area contributed by atoms with E-state index < -0.39 is 0 Å². The van der Waals surface area contributed by atoms with Crippen LogP contribution < -0.4 is 5.32 Å². The van der Waals surface area contributed by atoms with Crippen LogP contribution in [0.25, 0.3) is 5.69 Å². The maximum Gasteiger partial charge on any atom is 0.0767 e. The first-order valence-corrected chi connectivity index (χ1v) is 5.60. The third-order valence-electron chi connectivity index (χ3n) is 2.36. The fourth-order valence-electron chi connectivity index (χ4n) is 1.52. The van der Waals surface area contributed by atoms with E-state index >= 15 is 0 Å². The van der Waals surface area contributed by atoms with E-state index in [9.17, 15) is 0 Å². The van der Waals surface area contributed by atoms with E-state index in [4.69, 9.17) is 0 Å². The Bertz CT molecular complexity index is 517. The zero-order valence-corrected chi connectivity index (χ0v) is 9.85. The molecule has 2 rings (SSSR count). The lowest BCUT2D eigenvalue weighted by Gasteiger charge is -2.00. The van der Waals surface area contributed by atoms with Crippen LogP contribution in [0.3, 0.4) is 0 Å². The van der Waals surface area contributed by atoms with Crippen LogP contribution in [0.15, 0.2) is 42.6 Å². The Balaban J connectivity index is 1.98. The number of hydrogen-bond acceptors (Lipinski definition) is 2. The van der Waals surface area contributed by atoms with Crippen molar-refractivity contribution >= 4 is 0 Å². The minimum atomic E-state index is 0.703. The van der Waals surface area contributed by atoms with Gasteiger partial charge in [0.05, 0.1) is 17.9 Å². The minimum Gasteiger partial charge on any atom is -0.300 e. The van der Waals surface area contributed by atoms with Gasteiger partial charge in [-0.2, -0.15) is 5.10 Å². The normalized spacial score (nSPS) is 9.71. The van der Waals surface area contributed by atoms with Crippen molar-refractivity contribution in [3.8, 4) is 17.5 Å². The van der Waals surface area contributed by atoms with Gasteiger partial charge in [-0.1, -0.05) is 24.1 Å². The van der Waals surface area contributed by atoms with E-state index in [1.807, 2.05) is 54.2 Å². The molecule has 0 atom stereocenters. The van der Waals surface area contributed by atoms with Crippen LogP contribution in [0, 0.1) is 11.8 Å². The Morgan fingerprint density at radius 2 is 2.06 bits per heavy atom. The highest BCUT2D eigenvalue weighted by Gasteiger charge is 1.99. The lowest BCUT2D eigenvalue weighted by molar-refractivity contribution is 0.727. The number of benzene rings is 1. The lowest BCUT2D eigenvalue weighted by atomic mass is 10.3. The summed E-state index contributed by atoms with van der Waals surface area (Å²) in [7, 11) is 0. The molecule has 86 valence electrons. The van der Waals surface area contributed by atoms with Crippen molar-refractivity contribution in [2.45, 2.75) is 13.5 Å². The van der Waals surface area contributed by atoms with Crippen molar-refractivity contribution in [1.82, 2.24) is 15.1 Å². The monoisotopic (exact) mass is 225 g/mol. The summed E-state index contributed by atoms with van der Waals surface area (Å²) in [5, 5.41) is 7.70. The van der Waals surface area contributed by atoms with E-state index in [0.717, 1.165) is 17.9 Å². The largest absolute Gasteiger partial charge is 0.300 e. The Morgan fingerprint density at radius 1 is 1.24 bits per heavy atom. The van der Waals surface area contributed by atoms with E-state index in [2.05, 4.69) is 22.3 Å². The third-order valence-corrected chi connectivity index (χ3v) is 2.36. The number of nitrogens with one attached hydrogen (secondary N) is 1. The van der Waals surface area contributed by atoms with Crippen molar-refractivity contribution < 1.29 is 0 Å². The smallest absolute Gasteiger partial charge is 0.0767 e. The number of hydrogen-bond donors (Lipinski definition) is 1. The second kappa shape index (κ2) is 5.88. The lowest BCUT2D eigenvalue weighted by Crippen LogP contribution is -2.13. The van der Waals surface area contributed by atoms with Gasteiger partial charge in [0.2, 0.25) is 0 Å². The Hall–Kier alpha value is -2.05. The first-order valence-electron chi connectivity index (χ1n) is 5.60. The molecule has 0 fully saturated rings. The molecule has 0 amide bonds. The molecule has 0 aliphatic heterocycles.